The highest BCUT2D eigenvalue weighted by atomic mass is 32.2. The predicted molar refractivity (Wildman–Crippen MR) is 94.5 cm³/mol. The summed E-state index contributed by atoms with van der Waals surface area (Å²) in [7, 11) is -3.67. The van der Waals surface area contributed by atoms with Gasteiger partial charge in [-0.15, -0.1) is 0 Å². The zero-order chi connectivity index (χ0) is 18.3. The quantitative estimate of drug-likeness (QED) is 0.475. The van der Waals surface area contributed by atoms with E-state index in [2.05, 4.69) is 4.90 Å². The van der Waals surface area contributed by atoms with Gasteiger partial charge in [0.05, 0.1) is 9.82 Å². The third-order valence-electron chi connectivity index (χ3n) is 3.81. The molecular weight excluding hydrogens is 330 g/mol. The van der Waals surface area contributed by atoms with Crippen molar-refractivity contribution in [1.29, 1.82) is 0 Å². The maximum absolute atomic E-state index is 12.9. The lowest BCUT2D eigenvalue weighted by Crippen LogP contribution is -2.40. The molecule has 0 aliphatic heterocycles. The van der Waals surface area contributed by atoms with E-state index in [1.165, 1.54) is 28.6 Å². The van der Waals surface area contributed by atoms with Gasteiger partial charge in [-0.1, -0.05) is 27.7 Å². The SMILES string of the molecule is CCN(CC)CCN(CC(C)C)S(=O)(=O)c1ccc([N+](=O)[O-])cc1. The maximum atomic E-state index is 12.9. The Hall–Kier alpha value is -1.51. The number of hydrogen-bond acceptors (Lipinski definition) is 5. The third-order valence-corrected chi connectivity index (χ3v) is 5.69. The van der Waals surface area contributed by atoms with Crippen LogP contribution in [-0.4, -0.2) is 55.3 Å². The molecule has 0 aliphatic carbocycles. The number of nitro benzene ring substituents is 1. The van der Waals surface area contributed by atoms with Crippen LogP contribution in [0, 0.1) is 16.0 Å². The minimum atomic E-state index is -3.67. The first-order valence-electron chi connectivity index (χ1n) is 8.19. The van der Waals surface area contributed by atoms with Crippen LogP contribution in [-0.2, 0) is 10.0 Å². The summed E-state index contributed by atoms with van der Waals surface area (Å²) in [6, 6.07) is 5.06. The van der Waals surface area contributed by atoms with Crippen molar-refractivity contribution >= 4 is 15.7 Å². The molecule has 0 atom stereocenters. The minimum absolute atomic E-state index is 0.0910. The zero-order valence-electron chi connectivity index (χ0n) is 14.8. The van der Waals surface area contributed by atoms with Gasteiger partial charge in [0.2, 0.25) is 10.0 Å². The first-order chi connectivity index (χ1) is 11.2. The Labute approximate surface area is 144 Å². The average molecular weight is 357 g/mol. The highest BCUT2D eigenvalue weighted by Crippen LogP contribution is 2.20. The first kappa shape index (κ1) is 20.5. The Kier molecular flexibility index (Phi) is 7.78. The first-order valence-corrected chi connectivity index (χ1v) is 9.63. The number of rotatable bonds is 10. The molecule has 1 aromatic rings. The number of hydrogen-bond donors (Lipinski definition) is 0. The second kappa shape index (κ2) is 9.10. The standard InChI is InChI=1S/C16H27N3O4S/c1-5-17(6-2)11-12-18(13-14(3)4)24(22,23)16-9-7-15(8-10-16)19(20)21/h7-10,14H,5-6,11-13H2,1-4H3. The molecule has 8 heteroatoms. The van der Waals surface area contributed by atoms with Gasteiger partial charge in [-0.25, -0.2) is 8.42 Å². The summed E-state index contributed by atoms with van der Waals surface area (Å²) in [4.78, 5) is 12.4. The molecule has 0 fully saturated rings. The molecule has 1 rings (SSSR count). The Balaban J connectivity index is 3.03. The van der Waals surface area contributed by atoms with Gasteiger partial charge in [0, 0.05) is 31.8 Å². The normalized spacial score (nSPS) is 12.3. The van der Waals surface area contributed by atoms with E-state index in [-0.39, 0.29) is 16.5 Å². The summed E-state index contributed by atoms with van der Waals surface area (Å²) in [5, 5.41) is 10.7. The van der Waals surface area contributed by atoms with Crippen molar-refractivity contribution in [2.75, 3.05) is 32.7 Å². The van der Waals surface area contributed by atoms with E-state index >= 15 is 0 Å². The van der Waals surface area contributed by atoms with Crippen LogP contribution >= 0.6 is 0 Å². The van der Waals surface area contributed by atoms with Crippen LogP contribution in [0.3, 0.4) is 0 Å². The van der Waals surface area contributed by atoms with E-state index in [4.69, 9.17) is 0 Å². The molecule has 0 N–H and O–H groups in total. The van der Waals surface area contributed by atoms with E-state index in [0.717, 1.165) is 13.1 Å². The lowest BCUT2D eigenvalue weighted by molar-refractivity contribution is -0.384. The fourth-order valence-corrected chi connectivity index (χ4v) is 3.99. The molecule has 0 radical (unpaired) electrons. The van der Waals surface area contributed by atoms with Gasteiger partial charge in [-0.05, 0) is 31.1 Å². The molecule has 1 aromatic carbocycles. The molecule has 24 heavy (non-hydrogen) atoms. The van der Waals surface area contributed by atoms with Crippen molar-refractivity contribution in [2.24, 2.45) is 5.92 Å². The van der Waals surface area contributed by atoms with E-state index in [0.29, 0.717) is 19.6 Å². The zero-order valence-corrected chi connectivity index (χ0v) is 15.6. The van der Waals surface area contributed by atoms with Gasteiger partial charge in [-0.2, -0.15) is 4.31 Å². The van der Waals surface area contributed by atoms with Crippen molar-refractivity contribution in [2.45, 2.75) is 32.6 Å². The number of benzene rings is 1. The molecule has 0 amide bonds. The molecule has 136 valence electrons. The molecular formula is C16H27N3O4S. The van der Waals surface area contributed by atoms with Gasteiger partial charge in [0.15, 0.2) is 0 Å². The van der Waals surface area contributed by atoms with Crippen molar-refractivity contribution < 1.29 is 13.3 Å². The van der Waals surface area contributed by atoms with Crippen molar-refractivity contribution in [3.8, 4) is 0 Å². The summed E-state index contributed by atoms with van der Waals surface area (Å²) < 4.78 is 27.2. The van der Waals surface area contributed by atoms with Crippen molar-refractivity contribution in [1.82, 2.24) is 9.21 Å². The van der Waals surface area contributed by atoms with Crippen LogP contribution < -0.4 is 0 Å². The van der Waals surface area contributed by atoms with Gasteiger partial charge < -0.3 is 4.90 Å². The van der Waals surface area contributed by atoms with E-state index in [1.807, 2.05) is 27.7 Å². The topological polar surface area (TPSA) is 83.8 Å². The molecule has 0 unspecified atom stereocenters. The van der Waals surface area contributed by atoms with Crippen molar-refractivity contribution in [3.05, 3.63) is 34.4 Å². The van der Waals surface area contributed by atoms with Crippen LogP contribution in [0.4, 0.5) is 5.69 Å². The van der Waals surface area contributed by atoms with E-state index in [1.54, 1.807) is 0 Å². The average Bonchev–Trinajstić information content (AvgIpc) is 2.54. The molecule has 0 saturated carbocycles. The van der Waals surface area contributed by atoms with Crippen molar-refractivity contribution in [3.63, 3.8) is 0 Å². The fraction of sp³-hybridized carbons (Fsp3) is 0.625. The molecule has 7 nitrogen and oxygen atoms in total. The molecule has 0 saturated heterocycles. The van der Waals surface area contributed by atoms with E-state index in [9.17, 15) is 18.5 Å². The lowest BCUT2D eigenvalue weighted by Gasteiger charge is -2.27. The van der Waals surface area contributed by atoms with Gasteiger partial charge in [0.25, 0.3) is 5.69 Å². The largest absolute Gasteiger partial charge is 0.303 e. The number of nitrogens with zero attached hydrogens (tertiary/aromatic N) is 3. The predicted octanol–water partition coefficient (Wildman–Crippen LogP) is 2.58. The van der Waals surface area contributed by atoms with Crippen LogP contribution in [0.5, 0.6) is 0 Å². The molecule has 0 heterocycles. The fourth-order valence-electron chi connectivity index (χ4n) is 2.40. The summed E-state index contributed by atoms with van der Waals surface area (Å²) in [6.45, 7) is 11.2. The Morgan fingerprint density at radius 2 is 1.62 bits per heavy atom. The Morgan fingerprint density at radius 1 is 1.08 bits per heavy atom. The van der Waals surface area contributed by atoms with Crippen LogP contribution in [0.25, 0.3) is 0 Å². The molecule has 0 aliphatic rings. The molecule has 0 aromatic heterocycles. The Morgan fingerprint density at radius 3 is 2.04 bits per heavy atom. The maximum Gasteiger partial charge on any atom is 0.269 e. The minimum Gasteiger partial charge on any atom is -0.303 e. The summed E-state index contributed by atoms with van der Waals surface area (Å²) >= 11 is 0. The van der Waals surface area contributed by atoms with Gasteiger partial charge >= 0.3 is 0 Å². The summed E-state index contributed by atoms with van der Waals surface area (Å²) in [5.74, 6) is 0.189. The van der Waals surface area contributed by atoms with Crippen LogP contribution in [0.1, 0.15) is 27.7 Å². The third kappa shape index (κ3) is 5.54. The van der Waals surface area contributed by atoms with Gasteiger partial charge in [0.1, 0.15) is 0 Å². The van der Waals surface area contributed by atoms with Crippen LogP contribution in [0.2, 0.25) is 0 Å². The smallest absolute Gasteiger partial charge is 0.269 e. The monoisotopic (exact) mass is 357 g/mol. The number of non-ortho nitro benzene ring substituents is 1. The second-order valence-electron chi connectivity index (χ2n) is 6.03. The second-order valence-corrected chi connectivity index (χ2v) is 7.97. The molecule has 0 bridgehead atoms. The number of sulfonamides is 1. The number of nitro groups is 1. The Bertz CT molecular complexity index is 625. The lowest BCUT2D eigenvalue weighted by atomic mass is 10.2. The van der Waals surface area contributed by atoms with Gasteiger partial charge in [-0.3, -0.25) is 10.1 Å². The van der Waals surface area contributed by atoms with E-state index < -0.39 is 14.9 Å². The molecule has 0 spiro atoms. The highest BCUT2D eigenvalue weighted by Gasteiger charge is 2.26. The summed E-state index contributed by atoms with van der Waals surface area (Å²) in [6.07, 6.45) is 0. The summed E-state index contributed by atoms with van der Waals surface area (Å²) in [5.41, 5.74) is -0.118. The number of likely N-dealkylation sites (N-methyl/N-ethyl adjacent to an activating group) is 1. The highest BCUT2D eigenvalue weighted by molar-refractivity contribution is 7.89. The van der Waals surface area contributed by atoms with Crippen LogP contribution in [0.15, 0.2) is 29.2 Å².